The SMILES string of the molecule is c1cc2cn[nH]n2n1. The van der Waals surface area contributed by atoms with Crippen molar-refractivity contribution in [3.8, 4) is 0 Å². The van der Waals surface area contributed by atoms with E-state index in [-0.39, 0.29) is 0 Å². The molecule has 0 bridgehead atoms. The first kappa shape index (κ1) is 3.65. The summed E-state index contributed by atoms with van der Waals surface area (Å²) in [5.74, 6) is 0. The number of hydrogen-bond donors (Lipinski definition) is 1. The minimum Gasteiger partial charge on any atom is -0.197 e. The summed E-state index contributed by atoms with van der Waals surface area (Å²) in [6, 6.07) is 1.88. The molecular weight excluding hydrogens is 104 g/mol. The second-order valence-corrected chi connectivity index (χ2v) is 1.53. The van der Waals surface area contributed by atoms with Gasteiger partial charge in [0.1, 0.15) is 5.52 Å². The predicted octanol–water partition coefficient (Wildman–Crippen LogP) is 0.0574. The first-order valence-electron chi connectivity index (χ1n) is 2.30. The van der Waals surface area contributed by atoms with Crippen molar-refractivity contribution in [2.24, 2.45) is 0 Å². The van der Waals surface area contributed by atoms with Crippen molar-refractivity contribution in [3.05, 3.63) is 18.5 Å². The summed E-state index contributed by atoms with van der Waals surface area (Å²) >= 11 is 0. The Morgan fingerprint density at radius 1 is 1.62 bits per heavy atom. The minimum absolute atomic E-state index is 0.991. The summed E-state index contributed by atoms with van der Waals surface area (Å²) in [6.45, 7) is 0. The first-order chi connectivity index (χ1) is 3.97. The van der Waals surface area contributed by atoms with Gasteiger partial charge in [0.2, 0.25) is 0 Å². The van der Waals surface area contributed by atoms with Crippen molar-refractivity contribution in [2.45, 2.75) is 0 Å². The summed E-state index contributed by atoms with van der Waals surface area (Å²) in [5.41, 5.74) is 0.991. The summed E-state index contributed by atoms with van der Waals surface area (Å²) in [6.07, 6.45) is 3.43. The Kier molecular flexibility index (Phi) is 0.498. The zero-order chi connectivity index (χ0) is 5.40. The highest BCUT2D eigenvalue weighted by Gasteiger charge is 1.88. The average molecular weight is 108 g/mol. The Balaban J connectivity index is 3.06. The average Bonchev–Trinajstić information content (AvgIpc) is 2.15. The van der Waals surface area contributed by atoms with Crippen LogP contribution in [0.4, 0.5) is 0 Å². The number of fused-ring (bicyclic) bond motifs is 1. The molecular formula is C4H4N4. The fourth-order valence-electron chi connectivity index (χ4n) is 0.645. The molecule has 0 aliphatic heterocycles. The number of H-pyrrole nitrogens is 1. The van der Waals surface area contributed by atoms with E-state index in [0.717, 1.165) is 5.52 Å². The van der Waals surface area contributed by atoms with Crippen LogP contribution in [0.2, 0.25) is 0 Å². The number of hydrogen-bond acceptors (Lipinski definition) is 2. The van der Waals surface area contributed by atoms with Crippen LogP contribution in [0.25, 0.3) is 5.52 Å². The van der Waals surface area contributed by atoms with Crippen molar-refractivity contribution < 1.29 is 0 Å². The van der Waals surface area contributed by atoms with Gasteiger partial charge in [-0.15, -0.1) is 0 Å². The minimum atomic E-state index is 0.991. The van der Waals surface area contributed by atoms with Crippen LogP contribution in [0.1, 0.15) is 0 Å². The Bertz CT molecular complexity index is 229. The molecule has 0 unspecified atom stereocenters. The van der Waals surface area contributed by atoms with Crippen molar-refractivity contribution in [1.82, 2.24) is 20.0 Å². The van der Waals surface area contributed by atoms with Crippen LogP contribution in [0.15, 0.2) is 18.5 Å². The monoisotopic (exact) mass is 108 g/mol. The van der Waals surface area contributed by atoms with E-state index in [9.17, 15) is 0 Å². The zero-order valence-corrected chi connectivity index (χ0v) is 4.07. The van der Waals surface area contributed by atoms with Crippen molar-refractivity contribution in [3.63, 3.8) is 0 Å². The summed E-state index contributed by atoms with van der Waals surface area (Å²) in [5, 5.41) is 10.3. The van der Waals surface area contributed by atoms with E-state index in [1.165, 1.54) is 0 Å². The maximum atomic E-state index is 3.88. The van der Waals surface area contributed by atoms with Crippen LogP contribution in [0.3, 0.4) is 0 Å². The van der Waals surface area contributed by atoms with E-state index in [1.807, 2.05) is 6.07 Å². The Hall–Kier alpha value is -1.32. The third-order valence-corrected chi connectivity index (χ3v) is 1.02. The predicted molar refractivity (Wildman–Crippen MR) is 27.3 cm³/mol. The Labute approximate surface area is 45.1 Å². The molecule has 1 N–H and O–H groups in total. The molecule has 2 aromatic heterocycles. The van der Waals surface area contributed by atoms with Crippen LogP contribution in [-0.4, -0.2) is 20.0 Å². The topological polar surface area (TPSA) is 46.0 Å². The molecule has 4 heteroatoms. The second kappa shape index (κ2) is 1.09. The van der Waals surface area contributed by atoms with Crippen molar-refractivity contribution in [2.75, 3.05) is 0 Å². The number of aromatic amines is 1. The third kappa shape index (κ3) is 0.294. The Morgan fingerprint density at radius 2 is 2.62 bits per heavy atom. The van der Waals surface area contributed by atoms with Gasteiger partial charge in [0.05, 0.1) is 12.4 Å². The molecule has 40 valence electrons. The quantitative estimate of drug-likeness (QED) is 0.518. The van der Waals surface area contributed by atoms with Crippen molar-refractivity contribution >= 4 is 5.52 Å². The number of nitrogens with zero attached hydrogens (tertiary/aromatic N) is 3. The van der Waals surface area contributed by atoms with Crippen LogP contribution >= 0.6 is 0 Å². The van der Waals surface area contributed by atoms with Crippen LogP contribution in [-0.2, 0) is 0 Å². The van der Waals surface area contributed by atoms with Gasteiger partial charge in [-0.3, -0.25) is 0 Å². The lowest BCUT2D eigenvalue weighted by Gasteiger charge is -1.72. The molecule has 0 fully saturated rings. The van der Waals surface area contributed by atoms with Crippen molar-refractivity contribution in [1.29, 1.82) is 0 Å². The smallest absolute Gasteiger partial charge is 0.107 e. The van der Waals surface area contributed by atoms with Gasteiger partial charge in [0.25, 0.3) is 0 Å². The molecule has 4 nitrogen and oxygen atoms in total. The molecule has 2 rings (SSSR count). The number of nitrogens with one attached hydrogen (secondary N) is 1. The lowest BCUT2D eigenvalue weighted by molar-refractivity contribution is 0.757. The van der Waals surface area contributed by atoms with Crippen LogP contribution in [0, 0.1) is 0 Å². The van der Waals surface area contributed by atoms with Gasteiger partial charge in [0.15, 0.2) is 0 Å². The van der Waals surface area contributed by atoms with E-state index in [1.54, 1.807) is 17.0 Å². The maximum Gasteiger partial charge on any atom is 0.107 e. The fraction of sp³-hybridized carbons (Fsp3) is 0. The summed E-state index contributed by atoms with van der Waals surface area (Å²) < 4.78 is 1.60. The molecule has 0 aromatic carbocycles. The van der Waals surface area contributed by atoms with E-state index in [0.29, 0.717) is 0 Å². The second-order valence-electron chi connectivity index (χ2n) is 1.53. The standard InChI is InChI=1S/C4H4N4/c1-2-6-8-4(1)3-5-7-8/h1-3,7H. The van der Waals surface area contributed by atoms with E-state index in [2.05, 4.69) is 15.4 Å². The number of rotatable bonds is 0. The van der Waals surface area contributed by atoms with Gasteiger partial charge in [-0.1, -0.05) is 0 Å². The molecule has 8 heavy (non-hydrogen) atoms. The van der Waals surface area contributed by atoms with Gasteiger partial charge in [-0.25, -0.2) is 0 Å². The normalized spacial score (nSPS) is 10.5. The highest BCUT2D eigenvalue weighted by molar-refractivity contribution is 5.40. The highest BCUT2D eigenvalue weighted by Crippen LogP contribution is 1.93. The molecule has 2 aromatic rings. The largest absolute Gasteiger partial charge is 0.197 e. The van der Waals surface area contributed by atoms with Crippen LogP contribution < -0.4 is 0 Å². The third-order valence-electron chi connectivity index (χ3n) is 1.02. The lowest BCUT2D eigenvalue weighted by atomic mass is 10.6. The molecule has 0 atom stereocenters. The van der Waals surface area contributed by atoms with Gasteiger partial charge in [-0.2, -0.15) is 20.0 Å². The fourth-order valence-corrected chi connectivity index (χ4v) is 0.645. The molecule has 0 radical (unpaired) electrons. The number of aromatic nitrogens is 4. The van der Waals surface area contributed by atoms with E-state index in [4.69, 9.17) is 0 Å². The van der Waals surface area contributed by atoms with Gasteiger partial charge in [-0.05, 0) is 6.07 Å². The first-order valence-corrected chi connectivity index (χ1v) is 2.30. The van der Waals surface area contributed by atoms with Gasteiger partial charge in [0, 0.05) is 0 Å². The summed E-state index contributed by atoms with van der Waals surface area (Å²) in [7, 11) is 0. The molecule has 0 aliphatic carbocycles. The maximum absolute atomic E-state index is 3.88. The molecule has 2 heterocycles. The molecule has 0 aliphatic rings. The van der Waals surface area contributed by atoms with Gasteiger partial charge >= 0.3 is 0 Å². The Morgan fingerprint density at radius 3 is 3.50 bits per heavy atom. The zero-order valence-electron chi connectivity index (χ0n) is 4.07. The van der Waals surface area contributed by atoms with E-state index >= 15 is 0 Å². The molecule has 0 saturated carbocycles. The molecule has 0 amide bonds. The highest BCUT2D eigenvalue weighted by atomic mass is 15.5. The summed E-state index contributed by atoms with van der Waals surface area (Å²) in [4.78, 5) is 0. The van der Waals surface area contributed by atoms with Crippen LogP contribution in [0.5, 0.6) is 0 Å². The molecule has 0 saturated heterocycles. The van der Waals surface area contributed by atoms with Gasteiger partial charge < -0.3 is 0 Å². The lowest BCUT2D eigenvalue weighted by Crippen LogP contribution is -1.83. The molecule has 0 spiro atoms. The van der Waals surface area contributed by atoms with E-state index < -0.39 is 0 Å².